The Labute approximate surface area is 105 Å². The number of nitrogens with one attached hydrogen (secondary N) is 1. The van der Waals surface area contributed by atoms with Crippen LogP contribution in [0.4, 0.5) is 0 Å². The lowest BCUT2D eigenvalue weighted by molar-refractivity contribution is 0.114. The van der Waals surface area contributed by atoms with Gasteiger partial charge in [-0.05, 0) is 39.2 Å². The van der Waals surface area contributed by atoms with Gasteiger partial charge in [-0.25, -0.2) is 0 Å². The van der Waals surface area contributed by atoms with E-state index in [4.69, 9.17) is 4.74 Å². The zero-order chi connectivity index (χ0) is 12.7. The van der Waals surface area contributed by atoms with Gasteiger partial charge in [-0.15, -0.1) is 0 Å². The molecule has 2 atom stereocenters. The molecule has 1 aromatic rings. The smallest absolute Gasteiger partial charge is 0.0667 e. The predicted octanol–water partition coefficient (Wildman–Crippen LogP) is 2.94. The van der Waals surface area contributed by atoms with E-state index in [0.717, 1.165) is 13.0 Å². The number of hydrogen-bond donors (Lipinski definition) is 1. The summed E-state index contributed by atoms with van der Waals surface area (Å²) in [6, 6.07) is 9.29. The third-order valence-corrected chi connectivity index (χ3v) is 3.10. The monoisotopic (exact) mass is 235 g/mol. The molecule has 2 unspecified atom stereocenters. The maximum Gasteiger partial charge on any atom is 0.0667 e. The second-order valence-corrected chi connectivity index (χ2v) is 4.88. The Bertz CT molecular complexity index is 324. The number of ether oxygens (including phenoxy) is 1. The fraction of sp³-hybridized carbons (Fsp3) is 0.600. The van der Waals surface area contributed by atoms with E-state index in [0.29, 0.717) is 6.04 Å². The molecule has 1 rings (SSSR count). The Balaban J connectivity index is 2.26. The van der Waals surface area contributed by atoms with Crippen LogP contribution in [0, 0.1) is 6.92 Å². The molecule has 0 fully saturated rings. The molecular weight excluding hydrogens is 210 g/mol. The van der Waals surface area contributed by atoms with Gasteiger partial charge in [0.25, 0.3) is 0 Å². The Morgan fingerprint density at radius 3 is 2.71 bits per heavy atom. The predicted molar refractivity (Wildman–Crippen MR) is 73.4 cm³/mol. The molecule has 0 aliphatic carbocycles. The Kier molecular flexibility index (Phi) is 6.23. The van der Waals surface area contributed by atoms with Gasteiger partial charge < -0.3 is 10.1 Å². The molecule has 96 valence electrons. The van der Waals surface area contributed by atoms with E-state index in [-0.39, 0.29) is 6.10 Å². The summed E-state index contributed by atoms with van der Waals surface area (Å²) in [5.41, 5.74) is 2.77. The maximum absolute atomic E-state index is 5.22. The fourth-order valence-corrected chi connectivity index (χ4v) is 1.80. The van der Waals surface area contributed by atoms with Crippen LogP contribution in [-0.4, -0.2) is 25.8 Å². The van der Waals surface area contributed by atoms with Gasteiger partial charge in [0.1, 0.15) is 0 Å². The Hall–Kier alpha value is -0.860. The summed E-state index contributed by atoms with van der Waals surface area (Å²) in [5.74, 6) is 0. The highest BCUT2D eigenvalue weighted by Crippen LogP contribution is 2.08. The van der Waals surface area contributed by atoms with Gasteiger partial charge in [0.2, 0.25) is 0 Å². The van der Waals surface area contributed by atoms with E-state index in [9.17, 15) is 0 Å². The SMILES string of the molecule is COC(C)CNC(C)CCc1cccc(C)c1. The average Bonchev–Trinajstić information content (AvgIpc) is 2.33. The van der Waals surface area contributed by atoms with Crippen LogP contribution >= 0.6 is 0 Å². The van der Waals surface area contributed by atoms with Crippen LogP contribution in [0.3, 0.4) is 0 Å². The van der Waals surface area contributed by atoms with Gasteiger partial charge in [0, 0.05) is 19.7 Å². The maximum atomic E-state index is 5.22. The first kappa shape index (κ1) is 14.2. The zero-order valence-corrected chi connectivity index (χ0v) is 11.5. The number of aryl methyl sites for hydroxylation is 2. The van der Waals surface area contributed by atoms with Gasteiger partial charge >= 0.3 is 0 Å². The van der Waals surface area contributed by atoms with E-state index in [2.05, 4.69) is 50.4 Å². The van der Waals surface area contributed by atoms with Crippen molar-refractivity contribution in [3.63, 3.8) is 0 Å². The van der Waals surface area contributed by atoms with E-state index in [1.807, 2.05) is 0 Å². The Morgan fingerprint density at radius 1 is 1.29 bits per heavy atom. The second-order valence-electron chi connectivity index (χ2n) is 4.88. The topological polar surface area (TPSA) is 21.3 Å². The van der Waals surface area contributed by atoms with Crippen molar-refractivity contribution in [1.29, 1.82) is 0 Å². The molecule has 0 aliphatic heterocycles. The number of benzene rings is 1. The molecular formula is C15H25NO. The molecule has 0 aliphatic rings. The van der Waals surface area contributed by atoms with Crippen LogP contribution in [0.25, 0.3) is 0 Å². The largest absolute Gasteiger partial charge is 0.380 e. The van der Waals surface area contributed by atoms with Crippen molar-refractivity contribution >= 4 is 0 Å². The van der Waals surface area contributed by atoms with Gasteiger partial charge in [-0.3, -0.25) is 0 Å². The van der Waals surface area contributed by atoms with Gasteiger partial charge in [-0.1, -0.05) is 29.8 Å². The quantitative estimate of drug-likeness (QED) is 0.784. The van der Waals surface area contributed by atoms with Crippen LogP contribution < -0.4 is 5.32 Å². The number of hydrogen-bond acceptors (Lipinski definition) is 2. The normalized spacial score (nSPS) is 14.6. The van der Waals surface area contributed by atoms with E-state index in [1.54, 1.807) is 7.11 Å². The number of rotatable bonds is 7. The van der Waals surface area contributed by atoms with Crippen molar-refractivity contribution in [3.8, 4) is 0 Å². The first-order valence-corrected chi connectivity index (χ1v) is 6.43. The van der Waals surface area contributed by atoms with Crippen LogP contribution in [-0.2, 0) is 11.2 Å². The highest BCUT2D eigenvalue weighted by Gasteiger charge is 2.04. The first-order valence-electron chi connectivity index (χ1n) is 6.43. The van der Waals surface area contributed by atoms with Gasteiger partial charge in [0.05, 0.1) is 6.10 Å². The lowest BCUT2D eigenvalue weighted by atomic mass is 10.0. The molecule has 0 aromatic heterocycles. The standard InChI is InChI=1S/C15H25NO/c1-12-6-5-7-15(10-12)9-8-13(2)16-11-14(3)17-4/h5-7,10,13-14,16H,8-9,11H2,1-4H3. The molecule has 1 N–H and O–H groups in total. The molecule has 0 saturated carbocycles. The summed E-state index contributed by atoms with van der Waals surface area (Å²) in [5, 5.41) is 3.49. The van der Waals surface area contributed by atoms with Crippen LogP contribution in [0.1, 0.15) is 31.4 Å². The molecule has 0 spiro atoms. The zero-order valence-electron chi connectivity index (χ0n) is 11.5. The highest BCUT2D eigenvalue weighted by atomic mass is 16.5. The molecule has 2 nitrogen and oxygen atoms in total. The molecule has 0 bridgehead atoms. The molecule has 0 amide bonds. The van der Waals surface area contributed by atoms with E-state index in [1.165, 1.54) is 17.5 Å². The minimum absolute atomic E-state index is 0.288. The van der Waals surface area contributed by atoms with Crippen LogP contribution in [0.15, 0.2) is 24.3 Å². The summed E-state index contributed by atoms with van der Waals surface area (Å²) in [6.07, 6.45) is 2.59. The average molecular weight is 235 g/mol. The minimum Gasteiger partial charge on any atom is -0.380 e. The van der Waals surface area contributed by atoms with Crippen molar-refractivity contribution < 1.29 is 4.74 Å². The van der Waals surface area contributed by atoms with Gasteiger partial charge in [0.15, 0.2) is 0 Å². The third kappa shape index (κ3) is 5.85. The van der Waals surface area contributed by atoms with Crippen LogP contribution in [0.2, 0.25) is 0 Å². The van der Waals surface area contributed by atoms with Crippen molar-refractivity contribution in [1.82, 2.24) is 5.32 Å². The molecule has 0 radical (unpaired) electrons. The van der Waals surface area contributed by atoms with E-state index < -0.39 is 0 Å². The lowest BCUT2D eigenvalue weighted by Gasteiger charge is -2.17. The van der Waals surface area contributed by atoms with Crippen LogP contribution in [0.5, 0.6) is 0 Å². The molecule has 0 heterocycles. The summed E-state index contributed by atoms with van der Waals surface area (Å²) < 4.78 is 5.22. The Morgan fingerprint density at radius 2 is 2.06 bits per heavy atom. The molecule has 0 saturated heterocycles. The van der Waals surface area contributed by atoms with Crippen molar-refractivity contribution in [2.75, 3.05) is 13.7 Å². The summed E-state index contributed by atoms with van der Waals surface area (Å²) in [7, 11) is 1.75. The molecule has 1 aromatic carbocycles. The first-order chi connectivity index (χ1) is 8.11. The fourth-order valence-electron chi connectivity index (χ4n) is 1.80. The number of methoxy groups -OCH3 is 1. The summed E-state index contributed by atoms with van der Waals surface area (Å²) >= 11 is 0. The van der Waals surface area contributed by atoms with Crippen molar-refractivity contribution in [3.05, 3.63) is 35.4 Å². The second kappa shape index (κ2) is 7.46. The minimum atomic E-state index is 0.288. The molecule has 17 heavy (non-hydrogen) atoms. The summed E-state index contributed by atoms with van der Waals surface area (Å²) in [6.45, 7) is 7.38. The van der Waals surface area contributed by atoms with E-state index >= 15 is 0 Å². The lowest BCUT2D eigenvalue weighted by Crippen LogP contribution is -2.33. The summed E-state index contributed by atoms with van der Waals surface area (Å²) in [4.78, 5) is 0. The third-order valence-electron chi connectivity index (χ3n) is 3.10. The highest BCUT2D eigenvalue weighted by molar-refractivity contribution is 5.22. The van der Waals surface area contributed by atoms with Crippen molar-refractivity contribution in [2.45, 2.75) is 45.8 Å². The van der Waals surface area contributed by atoms with Crippen molar-refractivity contribution in [2.24, 2.45) is 0 Å². The van der Waals surface area contributed by atoms with Gasteiger partial charge in [-0.2, -0.15) is 0 Å². The molecule has 2 heteroatoms.